The van der Waals surface area contributed by atoms with E-state index in [2.05, 4.69) is 36.7 Å². The van der Waals surface area contributed by atoms with E-state index in [0.717, 1.165) is 11.8 Å². The largest absolute Gasteiger partial charge is 0.342 e. The Morgan fingerprint density at radius 2 is 2.12 bits per heavy atom. The number of hydrogen-bond donors (Lipinski definition) is 0. The van der Waals surface area contributed by atoms with Gasteiger partial charge in [0, 0.05) is 24.3 Å². The zero-order chi connectivity index (χ0) is 12.3. The molecule has 1 amide bonds. The van der Waals surface area contributed by atoms with Crippen LogP contribution in [-0.4, -0.2) is 29.2 Å². The fraction of sp³-hybridized carbons (Fsp3) is 0.923. The summed E-state index contributed by atoms with van der Waals surface area (Å²) in [6.45, 7) is 6.56. The van der Waals surface area contributed by atoms with Crippen LogP contribution >= 0.6 is 15.9 Å². The maximum absolute atomic E-state index is 12.4. The van der Waals surface area contributed by atoms with Crippen LogP contribution in [0.1, 0.15) is 46.5 Å². The van der Waals surface area contributed by atoms with Gasteiger partial charge in [0.1, 0.15) is 0 Å². The Morgan fingerprint density at radius 1 is 1.50 bits per heavy atom. The van der Waals surface area contributed by atoms with Crippen LogP contribution in [0.5, 0.6) is 0 Å². The van der Waals surface area contributed by atoms with Gasteiger partial charge in [0.25, 0.3) is 0 Å². The molecule has 0 radical (unpaired) electrons. The standard InChI is InChI=1S/C13H24BrNO/c1-10(9-14)15(4)12(16)11-7-5-6-8-13(11,2)3/h10-11H,5-9H2,1-4H3. The SMILES string of the molecule is CC(CBr)N(C)C(=O)C1CCCCC1(C)C. The Hall–Kier alpha value is -0.0500. The van der Waals surface area contributed by atoms with Crippen molar-refractivity contribution in [2.24, 2.45) is 11.3 Å². The van der Waals surface area contributed by atoms with E-state index in [1.54, 1.807) is 0 Å². The average Bonchev–Trinajstić information content (AvgIpc) is 2.25. The molecule has 0 saturated heterocycles. The maximum Gasteiger partial charge on any atom is 0.226 e. The average molecular weight is 290 g/mol. The lowest BCUT2D eigenvalue weighted by atomic mass is 9.68. The van der Waals surface area contributed by atoms with Crippen molar-refractivity contribution in [1.82, 2.24) is 4.90 Å². The summed E-state index contributed by atoms with van der Waals surface area (Å²) >= 11 is 3.44. The van der Waals surface area contributed by atoms with Gasteiger partial charge in [-0.1, -0.05) is 42.6 Å². The molecule has 1 aliphatic rings. The van der Waals surface area contributed by atoms with E-state index in [9.17, 15) is 4.79 Å². The third kappa shape index (κ3) is 2.99. The number of rotatable bonds is 3. The molecular weight excluding hydrogens is 266 g/mol. The Balaban J connectivity index is 2.71. The Kier molecular flexibility index (Phi) is 4.84. The third-order valence-corrected chi connectivity index (χ3v) is 4.97. The minimum atomic E-state index is 0.176. The molecule has 1 saturated carbocycles. The molecule has 0 aromatic rings. The van der Waals surface area contributed by atoms with Crippen molar-refractivity contribution < 1.29 is 4.79 Å². The number of amides is 1. The van der Waals surface area contributed by atoms with E-state index in [1.165, 1.54) is 19.3 Å². The summed E-state index contributed by atoms with van der Waals surface area (Å²) in [6.07, 6.45) is 4.72. The van der Waals surface area contributed by atoms with Crippen molar-refractivity contribution in [1.29, 1.82) is 0 Å². The molecule has 1 aliphatic carbocycles. The summed E-state index contributed by atoms with van der Waals surface area (Å²) in [5.41, 5.74) is 0.176. The summed E-state index contributed by atoms with van der Waals surface area (Å²) in [6, 6.07) is 0.283. The first-order valence-corrected chi connectivity index (χ1v) is 7.35. The highest BCUT2D eigenvalue weighted by atomic mass is 79.9. The topological polar surface area (TPSA) is 20.3 Å². The molecule has 1 rings (SSSR count). The molecule has 0 N–H and O–H groups in total. The first-order chi connectivity index (χ1) is 7.40. The second-order valence-electron chi connectivity index (χ2n) is 5.74. The molecule has 0 aromatic carbocycles. The van der Waals surface area contributed by atoms with Crippen LogP contribution in [0.4, 0.5) is 0 Å². The Morgan fingerprint density at radius 3 is 2.62 bits per heavy atom. The highest BCUT2D eigenvalue weighted by molar-refractivity contribution is 9.09. The molecule has 1 fully saturated rings. The number of nitrogens with zero attached hydrogens (tertiary/aromatic N) is 1. The second-order valence-corrected chi connectivity index (χ2v) is 6.39. The van der Waals surface area contributed by atoms with Crippen LogP contribution in [0, 0.1) is 11.3 Å². The van der Waals surface area contributed by atoms with Gasteiger partial charge in [-0.05, 0) is 25.2 Å². The predicted molar refractivity (Wildman–Crippen MR) is 71.8 cm³/mol. The lowest BCUT2D eigenvalue weighted by Gasteiger charge is -2.40. The quantitative estimate of drug-likeness (QED) is 0.729. The first kappa shape index (κ1) is 14.0. The maximum atomic E-state index is 12.4. The normalized spacial score (nSPS) is 26.2. The van der Waals surface area contributed by atoms with Crippen molar-refractivity contribution in [3.8, 4) is 0 Å². The lowest BCUT2D eigenvalue weighted by molar-refractivity contribution is -0.141. The van der Waals surface area contributed by atoms with Crippen molar-refractivity contribution in [2.45, 2.75) is 52.5 Å². The van der Waals surface area contributed by atoms with Gasteiger partial charge >= 0.3 is 0 Å². The highest BCUT2D eigenvalue weighted by Gasteiger charge is 2.38. The van der Waals surface area contributed by atoms with Crippen LogP contribution in [0.15, 0.2) is 0 Å². The molecule has 2 nitrogen and oxygen atoms in total. The zero-order valence-corrected chi connectivity index (χ0v) is 12.5. The number of carbonyl (C=O) groups is 1. The lowest BCUT2D eigenvalue weighted by Crippen LogP contribution is -2.45. The van der Waals surface area contributed by atoms with Crippen LogP contribution in [0.25, 0.3) is 0 Å². The summed E-state index contributed by atoms with van der Waals surface area (Å²) < 4.78 is 0. The molecule has 0 heterocycles. The summed E-state index contributed by atoms with van der Waals surface area (Å²) in [7, 11) is 1.93. The fourth-order valence-electron chi connectivity index (χ4n) is 2.52. The van der Waals surface area contributed by atoms with Gasteiger partial charge in [0.05, 0.1) is 0 Å². The molecule has 0 aromatic heterocycles. The van der Waals surface area contributed by atoms with Gasteiger partial charge in [-0.25, -0.2) is 0 Å². The molecule has 2 atom stereocenters. The minimum Gasteiger partial charge on any atom is -0.342 e. The molecule has 16 heavy (non-hydrogen) atoms. The predicted octanol–water partition coefficient (Wildman–Crippen LogP) is 3.44. The number of halogens is 1. The van der Waals surface area contributed by atoms with E-state index >= 15 is 0 Å². The molecule has 0 spiro atoms. The summed E-state index contributed by atoms with van der Waals surface area (Å²) in [5, 5.41) is 0.850. The van der Waals surface area contributed by atoms with Gasteiger partial charge in [-0.2, -0.15) is 0 Å². The van der Waals surface area contributed by atoms with E-state index in [1.807, 2.05) is 11.9 Å². The van der Waals surface area contributed by atoms with Gasteiger partial charge < -0.3 is 4.90 Å². The van der Waals surface area contributed by atoms with Gasteiger partial charge in [0.15, 0.2) is 0 Å². The van der Waals surface area contributed by atoms with E-state index in [-0.39, 0.29) is 17.4 Å². The summed E-state index contributed by atoms with van der Waals surface area (Å²) in [5.74, 6) is 0.546. The number of alkyl halides is 1. The zero-order valence-electron chi connectivity index (χ0n) is 10.9. The van der Waals surface area contributed by atoms with Crippen molar-refractivity contribution in [3.63, 3.8) is 0 Å². The summed E-state index contributed by atoms with van der Waals surface area (Å²) in [4.78, 5) is 14.3. The third-order valence-electron chi connectivity index (χ3n) is 4.04. The Bertz CT molecular complexity index is 252. The van der Waals surface area contributed by atoms with Crippen molar-refractivity contribution in [2.75, 3.05) is 12.4 Å². The molecule has 2 unspecified atom stereocenters. The Labute approximate surface area is 108 Å². The molecular formula is C13H24BrNO. The highest BCUT2D eigenvalue weighted by Crippen LogP contribution is 2.41. The van der Waals surface area contributed by atoms with E-state index in [0.29, 0.717) is 5.91 Å². The van der Waals surface area contributed by atoms with E-state index < -0.39 is 0 Å². The van der Waals surface area contributed by atoms with Crippen molar-refractivity contribution in [3.05, 3.63) is 0 Å². The van der Waals surface area contributed by atoms with Gasteiger partial charge in [-0.3, -0.25) is 4.79 Å². The molecule has 94 valence electrons. The smallest absolute Gasteiger partial charge is 0.226 e. The fourth-order valence-corrected chi connectivity index (χ4v) is 2.95. The number of hydrogen-bond acceptors (Lipinski definition) is 1. The van der Waals surface area contributed by atoms with Gasteiger partial charge in [0.2, 0.25) is 5.91 Å². The van der Waals surface area contributed by atoms with E-state index in [4.69, 9.17) is 0 Å². The number of carbonyl (C=O) groups excluding carboxylic acids is 1. The van der Waals surface area contributed by atoms with Crippen LogP contribution in [-0.2, 0) is 4.79 Å². The van der Waals surface area contributed by atoms with Crippen molar-refractivity contribution >= 4 is 21.8 Å². The minimum absolute atomic E-state index is 0.176. The van der Waals surface area contributed by atoms with Crippen LogP contribution < -0.4 is 0 Å². The van der Waals surface area contributed by atoms with Gasteiger partial charge in [-0.15, -0.1) is 0 Å². The molecule has 0 aliphatic heterocycles. The monoisotopic (exact) mass is 289 g/mol. The second kappa shape index (κ2) is 5.52. The molecule has 0 bridgehead atoms. The van der Waals surface area contributed by atoms with Crippen LogP contribution in [0.2, 0.25) is 0 Å². The first-order valence-electron chi connectivity index (χ1n) is 6.23. The van der Waals surface area contributed by atoms with Crippen LogP contribution in [0.3, 0.4) is 0 Å². The molecule has 3 heteroatoms.